The van der Waals surface area contributed by atoms with Crippen molar-refractivity contribution in [3.05, 3.63) is 29.3 Å². The van der Waals surface area contributed by atoms with Crippen LogP contribution in [0.4, 0.5) is 10.5 Å². The number of nitrogens with zero attached hydrogens (tertiary/aromatic N) is 1. The number of carbonyl (C=O) groups excluding carboxylic acids is 1. The molecule has 1 aliphatic rings. The number of benzene rings is 1. The fraction of sp³-hybridized carbons (Fsp3) is 0.462. The quantitative estimate of drug-likeness (QED) is 0.865. The lowest BCUT2D eigenvalue weighted by molar-refractivity contribution is 0.184. The van der Waals surface area contributed by atoms with E-state index in [1.807, 2.05) is 17.0 Å². The molecule has 0 spiro atoms. The Kier molecular flexibility index (Phi) is 4.44. The lowest BCUT2D eigenvalue weighted by Crippen LogP contribution is -2.42. The van der Waals surface area contributed by atoms with Crippen molar-refractivity contribution >= 4 is 23.3 Å². The summed E-state index contributed by atoms with van der Waals surface area (Å²) < 4.78 is 0. The second-order valence-corrected chi connectivity index (χ2v) is 4.98. The Morgan fingerprint density at radius 1 is 1.39 bits per heavy atom. The van der Waals surface area contributed by atoms with Crippen molar-refractivity contribution in [2.45, 2.75) is 12.8 Å². The van der Waals surface area contributed by atoms with Crippen molar-refractivity contribution < 1.29 is 4.79 Å². The van der Waals surface area contributed by atoms with Crippen molar-refractivity contribution in [1.82, 2.24) is 4.90 Å². The summed E-state index contributed by atoms with van der Waals surface area (Å²) in [7, 11) is 0. The van der Waals surface area contributed by atoms with Gasteiger partial charge in [0.05, 0.1) is 10.7 Å². The molecule has 2 amide bonds. The number of rotatable bonds is 2. The minimum absolute atomic E-state index is 0.0847. The molecular formula is C13H18ClN3O. The Morgan fingerprint density at radius 2 is 2.06 bits per heavy atom. The third kappa shape index (κ3) is 3.15. The van der Waals surface area contributed by atoms with Crippen molar-refractivity contribution in [3.63, 3.8) is 0 Å². The molecule has 1 fully saturated rings. The standard InChI is InChI=1S/C13H18ClN3O/c14-11-3-1-2-4-12(11)16-13(18)17-7-5-10(9-15)6-8-17/h1-4,10H,5-9,15H2,(H,16,18). The summed E-state index contributed by atoms with van der Waals surface area (Å²) in [5.74, 6) is 0.550. The summed E-state index contributed by atoms with van der Waals surface area (Å²) in [5, 5.41) is 3.39. The number of urea groups is 1. The maximum Gasteiger partial charge on any atom is 0.321 e. The molecule has 1 aromatic rings. The third-order valence-electron chi connectivity index (χ3n) is 3.35. The minimum Gasteiger partial charge on any atom is -0.330 e. The SMILES string of the molecule is NCC1CCN(C(=O)Nc2ccccc2Cl)CC1. The summed E-state index contributed by atoms with van der Waals surface area (Å²) in [6, 6.07) is 7.16. The number of nitrogens with one attached hydrogen (secondary N) is 1. The van der Waals surface area contributed by atoms with E-state index in [-0.39, 0.29) is 6.03 Å². The van der Waals surface area contributed by atoms with E-state index >= 15 is 0 Å². The fourth-order valence-corrected chi connectivity index (χ4v) is 2.31. The molecule has 5 heteroatoms. The maximum absolute atomic E-state index is 12.0. The molecule has 0 aromatic heterocycles. The zero-order chi connectivity index (χ0) is 13.0. The number of hydrogen-bond donors (Lipinski definition) is 2. The summed E-state index contributed by atoms with van der Waals surface area (Å²) in [5.41, 5.74) is 6.29. The lowest BCUT2D eigenvalue weighted by atomic mass is 9.97. The van der Waals surface area contributed by atoms with E-state index in [1.54, 1.807) is 12.1 Å². The van der Waals surface area contributed by atoms with Gasteiger partial charge in [0.25, 0.3) is 0 Å². The van der Waals surface area contributed by atoms with Gasteiger partial charge in [0, 0.05) is 13.1 Å². The molecule has 0 radical (unpaired) electrons. The first kappa shape index (κ1) is 13.2. The summed E-state index contributed by atoms with van der Waals surface area (Å²) in [4.78, 5) is 13.9. The Labute approximate surface area is 112 Å². The normalized spacial score (nSPS) is 16.7. The average Bonchev–Trinajstić information content (AvgIpc) is 2.41. The molecule has 0 bridgehead atoms. The molecule has 3 N–H and O–H groups in total. The molecule has 18 heavy (non-hydrogen) atoms. The predicted molar refractivity (Wildman–Crippen MR) is 73.8 cm³/mol. The van der Waals surface area contributed by atoms with Crippen LogP contribution in [0.5, 0.6) is 0 Å². The smallest absolute Gasteiger partial charge is 0.321 e. The Hall–Kier alpha value is -1.26. The van der Waals surface area contributed by atoms with E-state index in [0.717, 1.165) is 25.9 Å². The van der Waals surface area contributed by atoms with E-state index in [0.29, 0.717) is 23.2 Å². The van der Waals surface area contributed by atoms with Crippen LogP contribution in [0.25, 0.3) is 0 Å². The van der Waals surface area contributed by atoms with E-state index < -0.39 is 0 Å². The maximum atomic E-state index is 12.0. The number of nitrogens with two attached hydrogens (primary N) is 1. The van der Waals surface area contributed by atoms with Crippen LogP contribution in [0.1, 0.15) is 12.8 Å². The molecule has 98 valence electrons. The number of carbonyl (C=O) groups is 1. The van der Waals surface area contributed by atoms with Crippen molar-refractivity contribution in [2.75, 3.05) is 25.0 Å². The molecule has 1 saturated heterocycles. The van der Waals surface area contributed by atoms with Gasteiger partial charge in [-0.25, -0.2) is 4.79 Å². The van der Waals surface area contributed by atoms with Gasteiger partial charge in [0.1, 0.15) is 0 Å². The number of likely N-dealkylation sites (tertiary alicyclic amines) is 1. The summed E-state index contributed by atoms with van der Waals surface area (Å²) in [6.07, 6.45) is 1.96. The number of anilines is 1. The molecule has 0 unspecified atom stereocenters. The number of piperidine rings is 1. The predicted octanol–water partition coefficient (Wildman–Crippen LogP) is 2.54. The second-order valence-electron chi connectivity index (χ2n) is 4.58. The summed E-state index contributed by atoms with van der Waals surface area (Å²) >= 11 is 6.00. The largest absolute Gasteiger partial charge is 0.330 e. The molecule has 1 aromatic carbocycles. The van der Waals surface area contributed by atoms with Crippen LogP contribution in [0, 0.1) is 5.92 Å². The van der Waals surface area contributed by atoms with Gasteiger partial charge in [-0.05, 0) is 37.4 Å². The highest BCUT2D eigenvalue weighted by atomic mass is 35.5. The van der Waals surface area contributed by atoms with Crippen LogP contribution in [-0.4, -0.2) is 30.6 Å². The zero-order valence-corrected chi connectivity index (χ0v) is 11.0. The Bertz CT molecular complexity index is 416. The Balaban J connectivity index is 1.91. The molecule has 0 atom stereocenters. The average molecular weight is 268 g/mol. The second kappa shape index (κ2) is 6.07. The van der Waals surface area contributed by atoms with Crippen molar-refractivity contribution in [1.29, 1.82) is 0 Å². The first-order valence-electron chi connectivity index (χ1n) is 6.21. The number of halogens is 1. The van der Waals surface area contributed by atoms with Gasteiger partial charge >= 0.3 is 6.03 Å². The highest BCUT2D eigenvalue weighted by molar-refractivity contribution is 6.33. The molecule has 1 heterocycles. The number of amides is 2. The zero-order valence-electron chi connectivity index (χ0n) is 10.2. The highest BCUT2D eigenvalue weighted by Gasteiger charge is 2.22. The van der Waals surface area contributed by atoms with Gasteiger partial charge in [-0.1, -0.05) is 23.7 Å². The van der Waals surface area contributed by atoms with E-state index in [4.69, 9.17) is 17.3 Å². The summed E-state index contributed by atoms with van der Waals surface area (Å²) in [6.45, 7) is 2.23. The van der Waals surface area contributed by atoms with Crippen LogP contribution < -0.4 is 11.1 Å². The van der Waals surface area contributed by atoms with Crippen LogP contribution in [0.15, 0.2) is 24.3 Å². The first-order chi connectivity index (χ1) is 8.70. The molecule has 0 aliphatic carbocycles. The van der Waals surface area contributed by atoms with E-state index in [2.05, 4.69) is 5.32 Å². The van der Waals surface area contributed by atoms with Gasteiger partial charge in [-0.2, -0.15) is 0 Å². The van der Waals surface area contributed by atoms with Gasteiger partial charge in [0.2, 0.25) is 0 Å². The van der Waals surface area contributed by atoms with Gasteiger partial charge in [-0.3, -0.25) is 0 Å². The fourth-order valence-electron chi connectivity index (χ4n) is 2.13. The van der Waals surface area contributed by atoms with E-state index in [1.165, 1.54) is 0 Å². The molecule has 4 nitrogen and oxygen atoms in total. The van der Waals surface area contributed by atoms with Crippen LogP contribution in [-0.2, 0) is 0 Å². The van der Waals surface area contributed by atoms with Gasteiger partial charge in [0.15, 0.2) is 0 Å². The van der Waals surface area contributed by atoms with Crippen LogP contribution in [0.2, 0.25) is 5.02 Å². The van der Waals surface area contributed by atoms with Crippen molar-refractivity contribution in [2.24, 2.45) is 11.7 Å². The topological polar surface area (TPSA) is 58.4 Å². The van der Waals surface area contributed by atoms with E-state index in [9.17, 15) is 4.79 Å². The Morgan fingerprint density at radius 3 is 2.67 bits per heavy atom. The minimum atomic E-state index is -0.0847. The number of para-hydroxylation sites is 1. The highest BCUT2D eigenvalue weighted by Crippen LogP contribution is 2.22. The molecule has 1 aliphatic heterocycles. The number of hydrogen-bond acceptors (Lipinski definition) is 2. The van der Waals surface area contributed by atoms with Gasteiger partial charge in [-0.15, -0.1) is 0 Å². The first-order valence-corrected chi connectivity index (χ1v) is 6.59. The molecule has 2 rings (SSSR count). The van der Waals surface area contributed by atoms with Crippen molar-refractivity contribution in [3.8, 4) is 0 Å². The van der Waals surface area contributed by atoms with Gasteiger partial charge < -0.3 is 16.0 Å². The third-order valence-corrected chi connectivity index (χ3v) is 3.68. The molecular weight excluding hydrogens is 250 g/mol. The van der Waals surface area contributed by atoms with Crippen LogP contribution >= 0.6 is 11.6 Å². The lowest BCUT2D eigenvalue weighted by Gasteiger charge is -2.31. The monoisotopic (exact) mass is 267 g/mol. The van der Waals surface area contributed by atoms with Crippen LogP contribution in [0.3, 0.4) is 0 Å². The molecule has 0 saturated carbocycles.